The molecule has 200 valence electrons. The molecule has 0 aliphatic carbocycles. The fourth-order valence-corrected chi connectivity index (χ4v) is 4.24. The molecular weight excluding hydrogens is 472 g/mol. The molecule has 0 aliphatic rings. The molecule has 0 aliphatic heterocycles. The first-order chi connectivity index (χ1) is 17.8. The molecule has 1 heterocycles. The molecule has 0 atom stereocenters. The number of phenols is 3. The molecule has 10 heteroatoms. The van der Waals surface area contributed by atoms with Crippen molar-refractivity contribution < 1.29 is 20.1 Å². The number of nitrogens with zero attached hydrogens (tertiary/aromatic N) is 5. The van der Waals surface area contributed by atoms with E-state index in [9.17, 15) is 20.1 Å². The normalized spacial score (nSPS) is 12.0. The predicted molar refractivity (Wildman–Crippen MR) is 147 cm³/mol. The summed E-state index contributed by atoms with van der Waals surface area (Å²) in [6.07, 6.45) is 1.52. The highest BCUT2D eigenvalue weighted by molar-refractivity contribution is 6.10. The Morgan fingerprint density at radius 2 is 1.51 bits per heavy atom. The molecule has 1 amide bonds. The minimum atomic E-state index is -0.348. The lowest BCUT2D eigenvalue weighted by Crippen LogP contribution is -2.34. The first-order valence-corrected chi connectivity index (χ1v) is 12.9. The average molecular weight is 511 g/mol. The van der Waals surface area contributed by atoms with Gasteiger partial charge in [-0.1, -0.05) is 27.7 Å². The van der Waals surface area contributed by atoms with Crippen molar-refractivity contribution in [2.75, 3.05) is 52.4 Å². The summed E-state index contributed by atoms with van der Waals surface area (Å²) in [6, 6.07) is 2.89. The Kier molecular flexibility index (Phi) is 9.60. The number of likely N-dealkylation sites (N-methyl/N-ethyl adjacent to an activating group) is 2. The van der Waals surface area contributed by atoms with Crippen LogP contribution in [0.1, 0.15) is 49.2 Å². The van der Waals surface area contributed by atoms with Gasteiger partial charge in [-0.25, -0.2) is 9.97 Å². The summed E-state index contributed by atoms with van der Waals surface area (Å²) in [5, 5.41) is 35.0. The van der Waals surface area contributed by atoms with Crippen molar-refractivity contribution in [1.29, 1.82) is 0 Å². The predicted octanol–water partition coefficient (Wildman–Crippen LogP) is 3.04. The summed E-state index contributed by atoms with van der Waals surface area (Å²) in [5.41, 5.74) is 1.35. The monoisotopic (exact) mass is 510 g/mol. The third-order valence-electron chi connectivity index (χ3n) is 6.76. The second kappa shape index (κ2) is 12.6. The molecule has 4 N–H and O–H groups in total. The van der Waals surface area contributed by atoms with E-state index in [1.54, 1.807) is 6.92 Å². The number of fused-ring (bicyclic) bond motifs is 2. The number of hydrogen-bond donors (Lipinski definition) is 4. The number of phenolic OH excluding ortho intramolecular Hbond substituents is 3. The first kappa shape index (κ1) is 28.1. The molecule has 37 heavy (non-hydrogen) atoms. The van der Waals surface area contributed by atoms with E-state index in [-0.39, 0.29) is 56.3 Å². The van der Waals surface area contributed by atoms with E-state index in [0.717, 1.165) is 32.7 Å². The van der Waals surface area contributed by atoms with Gasteiger partial charge in [0.2, 0.25) is 0 Å². The molecule has 0 spiro atoms. The maximum absolute atomic E-state index is 13.0. The average Bonchev–Trinajstić information content (AvgIpc) is 2.91. The minimum absolute atomic E-state index is 0.101. The number of carbonyl (C=O) groups is 1. The second-order valence-electron chi connectivity index (χ2n) is 8.83. The number of rotatable bonds is 12. The van der Waals surface area contributed by atoms with Gasteiger partial charge in [-0.15, -0.1) is 0 Å². The van der Waals surface area contributed by atoms with E-state index in [1.165, 1.54) is 18.3 Å². The smallest absolute Gasteiger partial charge is 0.253 e. The Hall–Kier alpha value is -3.50. The van der Waals surface area contributed by atoms with E-state index >= 15 is 0 Å². The Morgan fingerprint density at radius 3 is 2.16 bits per heavy atom. The number of carbonyl (C=O) groups excluding carboxylic acids is 1. The van der Waals surface area contributed by atoms with Crippen LogP contribution in [-0.2, 0) is 0 Å². The van der Waals surface area contributed by atoms with Crippen LogP contribution in [0.2, 0.25) is 0 Å². The van der Waals surface area contributed by atoms with Gasteiger partial charge in [0.25, 0.3) is 5.91 Å². The van der Waals surface area contributed by atoms with Crippen LogP contribution in [0.15, 0.2) is 17.1 Å². The molecule has 0 unspecified atom stereocenters. The Labute approximate surface area is 217 Å². The zero-order chi connectivity index (χ0) is 27.1. The molecule has 10 nitrogen and oxygen atoms in total. The van der Waals surface area contributed by atoms with Crippen LogP contribution >= 0.6 is 0 Å². The highest BCUT2D eigenvalue weighted by Gasteiger charge is 2.22. The van der Waals surface area contributed by atoms with E-state index in [1.807, 2.05) is 0 Å². The molecule has 0 saturated heterocycles. The highest BCUT2D eigenvalue weighted by atomic mass is 16.3. The van der Waals surface area contributed by atoms with Crippen molar-refractivity contribution in [2.45, 2.75) is 34.6 Å². The molecule has 0 bridgehead atoms. The maximum Gasteiger partial charge on any atom is 0.253 e. The maximum atomic E-state index is 13.0. The molecule has 3 aromatic rings. The van der Waals surface area contributed by atoms with Gasteiger partial charge in [-0.3, -0.25) is 9.79 Å². The standard InChI is InChI=1S/C27H38N6O4/c1-6-32(7-2)14-12-28-16-19-22-24(26(36)17(5)25(19)35)31-21-18(10-11-20(34)23(21)30-22)27(37)29-13-15-33(8-3)9-4/h10-11,16,34-36H,6-9,12-15H2,1-5H3,(H,29,37). The topological polar surface area (TPSA) is 134 Å². The largest absolute Gasteiger partial charge is 0.507 e. The summed E-state index contributed by atoms with van der Waals surface area (Å²) in [7, 11) is 0. The number of hydrogen-bond acceptors (Lipinski definition) is 9. The highest BCUT2D eigenvalue weighted by Crippen LogP contribution is 2.38. The van der Waals surface area contributed by atoms with E-state index in [2.05, 4.69) is 57.8 Å². The first-order valence-electron chi connectivity index (χ1n) is 12.9. The van der Waals surface area contributed by atoms with Crippen LogP contribution in [0.3, 0.4) is 0 Å². The molecule has 2 aromatic carbocycles. The van der Waals surface area contributed by atoms with Crippen LogP contribution in [-0.4, -0.2) is 99.6 Å². The fourth-order valence-electron chi connectivity index (χ4n) is 4.24. The van der Waals surface area contributed by atoms with Crippen LogP contribution in [0.4, 0.5) is 0 Å². The third-order valence-corrected chi connectivity index (χ3v) is 6.76. The molecule has 3 rings (SSSR count). The number of benzene rings is 2. The van der Waals surface area contributed by atoms with Gasteiger partial charge in [0.05, 0.1) is 17.7 Å². The van der Waals surface area contributed by atoms with Gasteiger partial charge >= 0.3 is 0 Å². The van der Waals surface area contributed by atoms with E-state index in [4.69, 9.17) is 0 Å². The number of nitrogens with one attached hydrogen (secondary N) is 1. The Bertz CT molecular complexity index is 1290. The summed E-state index contributed by atoms with van der Waals surface area (Å²) in [4.78, 5) is 31.0. The van der Waals surface area contributed by atoms with Gasteiger partial charge < -0.3 is 30.4 Å². The van der Waals surface area contributed by atoms with Crippen molar-refractivity contribution in [1.82, 2.24) is 25.1 Å². The Balaban J connectivity index is 2.05. The van der Waals surface area contributed by atoms with Gasteiger partial charge in [0.1, 0.15) is 39.3 Å². The Morgan fingerprint density at radius 1 is 0.892 bits per heavy atom. The molecular formula is C27H38N6O4. The number of amides is 1. The molecule has 0 fully saturated rings. The van der Waals surface area contributed by atoms with Crippen molar-refractivity contribution >= 4 is 34.2 Å². The summed E-state index contributed by atoms with van der Waals surface area (Å²) < 4.78 is 0. The molecule has 1 aromatic heterocycles. The van der Waals surface area contributed by atoms with E-state index < -0.39 is 0 Å². The summed E-state index contributed by atoms with van der Waals surface area (Å²) >= 11 is 0. The second-order valence-corrected chi connectivity index (χ2v) is 8.83. The van der Waals surface area contributed by atoms with E-state index in [0.29, 0.717) is 25.2 Å². The van der Waals surface area contributed by atoms with Crippen molar-refractivity contribution in [3.63, 3.8) is 0 Å². The van der Waals surface area contributed by atoms with Crippen LogP contribution in [0.25, 0.3) is 22.1 Å². The minimum Gasteiger partial charge on any atom is -0.507 e. The van der Waals surface area contributed by atoms with Crippen LogP contribution < -0.4 is 5.32 Å². The lowest BCUT2D eigenvalue weighted by Gasteiger charge is -2.18. The lowest BCUT2D eigenvalue weighted by atomic mass is 10.0. The third kappa shape index (κ3) is 6.08. The van der Waals surface area contributed by atoms with Crippen molar-refractivity contribution in [3.8, 4) is 17.2 Å². The SMILES string of the molecule is CCN(CC)CCN=Cc1c(O)c(C)c(O)c2nc3c(C(=O)NCCN(CC)CC)ccc(O)c3nc12. The summed E-state index contributed by atoms with van der Waals surface area (Å²) in [5.74, 6) is -0.902. The van der Waals surface area contributed by atoms with Gasteiger partial charge in [0, 0.05) is 31.4 Å². The zero-order valence-electron chi connectivity index (χ0n) is 22.4. The van der Waals surface area contributed by atoms with Crippen LogP contribution in [0, 0.1) is 6.92 Å². The van der Waals surface area contributed by atoms with Crippen molar-refractivity contribution in [2.24, 2.45) is 4.99 Å². The van der Waals surface area contributed by atoms with Gasteiger partial charge in [-0.05, 0) is 45.2 Å². The summed E-state index contributed by atoms with van der Waals surface area (Å²) in [6.45, 7) is 15.9. The quantitative estimate of drug-likeness (QED) is 0.216. The fraction of sp³-hybridized carbons (Fsp3) is 0.481. The molecule has 0 saturated carbocycles. The zero-order valence-corrected chi connectivity index (χ0v) is 22.4. The number of aliphatic imine (C=N–C) groups is 1. The lowest BCUT2D eigenvalue weighted by molar-refractivity contribution is 0.0950. The van der Waals surface area contributed by atoms with Gasteiger partial charge in [-0.2, -0.15) is 0 Å². The van der Waals surface area contributed by atoms with Crippen molar-refractivity contribution in [3.05, 3.63) is 28.8 Å². The van der Waals surface area contributed by atoms with Gasteiger partial charge in [0.15, 0.2) is 0 Å². The molecule has 0 radical (unpaired) electrons. The van der Waals surface area contributed by atoms with Crippen LogP contribution in [0.5, 0.6) is 17.2 Å². The number of aromatic nitrogens is 2. The number of aromatic hydroxyl groups is 3.